The van der Waals surface area contributed by atoms with Gasteiger partial charge in [-0.2, -0.15) is 0 Å². The van der Waals surface area contributed by atoms with Gasteiger partial charge in [-0.3, -0.25) is 0 Å². The van der Waals surface area contributed by atoms with Crippen LogP contribution >= 0.6 is 0 Å². The third kappa shape index (κ3) is 1.61. The molecule has 0 saturated carbocycles. The number of hydrogen-bond acceptors (Lipinski definition) is 2. The van der Waals surface area contributed by atoms with E-state index in [1.54, 1.807) is 0 Å². The van der Waals surface area contributed by atoms with Crippen LogP contribution in [-0.4, -0.2) is 34.4 Å². The second-order valence-corrected chi connectivity index (χ2v) is 4.88. The second-order valence-electron chi connectivity index (χ2n) is 4.88. The maximum atomic E-state index is 4.73. The van der Waals surface area contributed by atoms with Gasteiger partial charge in [0.1, 0.15) is 5.65 Å². The minimum absolute atomic E-state index is 0.616. The van der Waals surface area contributed by atoms with Gasteiger partial charge in [-0.05, 0) is 44.6 Å². The molecule has 0 N–H and O–H groups in total. The number of imidazole rings is 1. The minimum Gasteiger partial charge on any atom is -0.307 e. The molecule has 16 heavy (non-hydrogen) atoms. The maximum absolute atomic E-state index is 4.73. The molecule has 0 aliphatic carbocycles. The molecule has 1 aliphatic rings. The monoisotopic (exact) mass is 215 g/mol. The summed E-state index contributed by atoms with van der Waals surface area (Å²) in [5.74, 6) is 0.616. The summed E-state index contributed by atoms with van der Waals surface area (Å²) in [4.78, 5) is 7.10. The van der Waals surface area contributed by atoms with Crippen LogP contribution in [0.3, 0.4) is 0 Å². The Morgan fingerprint density at radius 3 is 3.06 bits per heavy atom. The number of nitrogens with zero attached hydrogens (tertiary/aromatic N) is 3. The highest BCUT2D eigenvalue weighted by atomic mass is 15.1. The third-order valence-electron chi connectivity index (χ3n) is 3.44. The van der Waals surface area contributed by atoms with Gasteiger partial charge in [0.25, 0.3) is 0 Å². The van der Waals surface area contributed by atoms with E-state index in [2.05, 4.69) is 47.8 Å². The number of rotatable bonds is 1. The summed E-state index contributed by atoms with van der Waals surface area (Å²) >= 11 is 0. The Kier molecular flexibility index (Phi) is 2.21. The van der Waals surface area contributed by atoms with Crippen molar-refractivity contribution in [2.75, 3.05) is 20.1 Å². The Labute approximate surface area is 95.7 Å². The van der Waals surface area contributed by atoms with Crippen molar-refractivity contribution in [2.45, 2.75) is 19.3 Å². The molecule has 1 saturated heterocycles. The highest BCUT2D eigenvalue weighted by molar-refractivity contribution is 5.43. The number of likely N-dealkylation sites (N-methyl/N-ethyl adjacent to an activating group) is 1. The van der Waals surface area contributed by atoms with Gasteiger partial charge < -0.3 is 9.30 Å². The zero-order chi connectivity index (χ0) is 11.1. The fourth-order valence-electron chi connectivity index (χ4n) is 2.48. The molecule has 0 aromatic carbocycles. The van der Waals surface area contributed by atoms with Gasteiger partial charge in [-0.25, -0.2) is 4.98 Å². The van der Waals surface area contributed by atoms with Crippen molar-refractivity contribution in [3.63, 3.8) is 0 Å². The van der Waals surface area contributed by atoms with E-state index < -0.39 is 0 Å². The van der Waals surface area contributed by atoms with Crippen LogP contribution in [0.5, 0.6) is 0 Å². The predicted octanol–water partition coefficient (Wildman–Crippen LogP) is 2.06. The van der Waals surface area contributed by atoms with Crippen molar-refractivity contribution in [1.82, 2.24) is 14.3 Å². The van der Waals surface area contributed by atoms with Crippen molar-refractivity contribution < 1.29 is 0 Å². The van der Waals surface area contributed by atoms with Crippen LogP contribution in [0.2, 0.25) is 0 Å². The first-order chi connectivity index (χ1) is 7.72. The van der Waals surface area contributed by atoms with Gasteiger partial charge in [-0.1, -0.05) is 0 Å². The molecule has 1 unspecified atom stereocenters. The van der Waals surface area contributed by atoms with E-state index in [1.807, 2.05) is 0 Å². The number of aromatic nitrogens is 2. The average Bonchev–Trinajstić information content (AvgIpc) is 2.83. The van der Waals surface area contributed by atoms with Gasteiger partial charge in [-0.15, -0.1) is 0 Å². The molecular weight excluding hydrogens is 198 g/mol. The molecule has 3 nitrogen and oxygen atoms in total. The van der Waals surface area contributed by atoms with Crippen molar-refractivity contribution in [2.24, 2.45) is 0 Å². The van der Waals surface area contributed by atoms with E-state index in [4.69, 9.17) is 4.98 Å². The first-order valence-corrected chi connectivity index (χ1v) is 5.86. The van der Waals surface area contributed by atoms with Crippen molar-refractivity contribution in [3.05, 3.63) is 35.8 Å². The molecule has 1 atom stereocenters. The highest BCUT2D eigenvalue weighted by Gasteiger charge is 2.23. The Bertz CT molecular complexity index is 515. The summed E-state index contributed by atoms with van der Waals surface area (Å²) in [5, 5.41) is 0. The van der Waals surface area contributed by atoms with Crippen LogP contribution in [0, 0.1) is 6.92 Å². The predicted molar refractivity (Wildman–Crippen MR) is 64.8 cm³/mol. The molecule has 2 aromatic rings. The number of aryl methyl sites for hydroxylation is 1. The first-order valence-electron chi connectivity index (χ1n) is 5.86. The number of likely N-dealkylation sites (tertiary alicyclic amines) is 1. The van der Waals surface area contributed by atoms with Crippen LogP contribution in [-0.2, 0) is 0 Å². The molecule has 0 spiro atoms. The first kappa shape index (κ1) is 9.85. The van der Waals surface area contributed by atoms with E-state index in [-0.39, 0.29) is 0 Å². The Hall–Kier alpha value is -1.35. The molecule has 0 amide bonds. The van der Waals surface area contributed by atoms with Gasteiger partial charge in [0.05, 0.1) is 5.69 Å². The van der Waals surface area contributed by atoms with Crippen LogP contribution in [0.15, 0.2) is 24.5 Å². The quantitative estimate of drug-likeness (QED) is 0.726. The second kappa shape index (κ2) is 3.59. The van der Waals surface area contributed by atoms with E-state index in [0.29, 0.717) is 5.92 Å². The Morgan fingerprint density at radius 2 is 2.31 bits per heavy atom. The SMILES string of the molecule is Cc1ccn2cc(C3CCN(C)C3)nc2c1. The van der Waals surface area contributed by atoms with Gasteiger partial charge in [0.2, 0.25) is 0 Å². The highest BCUT2D eigenvalue weighted by Crippen LogP contribution is 2.25. The van der Waals surface area contributed by atoms with Crippen molar-refractivity contribution in [3.8, 4) is 0 Å². The van der Waals surface area contributed by atoms with Crippen LogP contribution in [0.4, 0.5) is 0 Å². The molecule has 84 valence electrons. The molecule has 0 radical (unpaired) electrons. The lowest BCUT2D eigenvalue weighted by Crippen LogP contribution is -2.13. The summed E-state index contributed by atoms with van der Waals surface area (Å²) in [7, 11) is 2.18. The molecule has 3 heterocycles. The molecular formula is C13H17N3. The fraction of sp³-hybridized carbons (Fsp3) is 0.462. The maximum Gasteiger partial charge on any atom is 0.137 e. The van der Waals surface area contributed by atoms with E-state index in [0.717, 1.165) is 12.2 Å². The molecule has 1 aliphatic heterocycles. The molecule has 1 fully saturated rings. The largest absolute Gasteiger partial charge is 0.307 e. The smallest absolute Gasteiger partial charge is 0.137 e. The van der Waals surface area contributed by atoms with Crippen molar-refractivity contribution in [1.29, 1.82) is 0 Å². The number of pyridine rings is 1. The standard InChI is InChI=1S/C13H17N3/c1-10-3-6-16-9-12(14-13(16)7-10)11-4-5-15(2)8-11/h3,6-7,9,11H,4-5,8H2,1-2H3. The van der Waals surface area contributed by atoms with Gasteiger partial charge >= 0.3 is 0 Å². The molecule has 3 rings (SSSR count). The minimum atomic E-state index is 0.616. The average molecular weight is 215 g/mol. The van der Waals surface area contributed by atoms with Gasteiger partial charge in [0, 0.05) is 24.9 Å². The normalized spacial score (nSPS) is 22.0. The van der Waals surface area contributed by atoms with E-state index in [1.165, 1.54) is 24.2 Å². The van der Waals surface area contributed by atoms with Gasteiger partial charge in [0.15, 0.2) is 0 Å². The third-order valence-corrected chi connectivity index (χ3v) is 3.44. The Balaban J connectivity index is 1.99. The van der Waals surface area contributed by atoms with Crippen LogP contribution < -0.4 is 0 Å². The summed E-state index contributed by atoms with van der Waals surface area (Å²) in [6.45, 7) is 4.44. The summed E-state index contributed by atoms with van der Waals surface area (Å²) in [6.07, 6.45) is 5.51. The number of hydrogen-bond donors (Lipinski definition) is 0. The lowest BCUT2D eigenvalue weighted by Gasteiger charge is -2.06. The molecule has 3 heteroatoms. The molecule has 0 bridgehead atoms. The summed E-state index contributed by atoms with van der Waals surface area (Å²) < 4.78 is 2.13. The summed E-state index contributed by atoms with van der Waals surface area (Å²) in [5.41, 5.74) is 3.59. The van der Waals surface area contributed by atoms with Crippen LogP contribution in [0.25, 0.3) is 5.65 Å². The Morgan fingerprint density at radius 1 is 1.44 bits per heavy atom. The topological polar surface area (TPSA) is 20.5 Å². The lowest BCUT2D eigenvalue weighted by molar-refractivity contribution is 0.411. The van der Waals surface area contributed by atoms with Crippen molar-refractivity contribution >= 4 is 5.65 Å². The number of fused-ring (bicyclic) bond motifs is 1. The van der Waals surface area contributed by atoms with Crippen LogP contribution in [0.1, 0.15) is 23.6 Å². The zero-order valence-electron chi connectivity index (χ0n) is 9.85. The van der Waals surface area contributed by atoms with E-state index in [9.17, 15) is 0 Å². The lowest BCUT2D eigenvalue weighted by atomic mass is 10.1. The van der Waals surface area contributed by atoms with E-state index >= 15 is 0 Å². The molecule has 2 aromatic heterocycles. The summed E-state index contributed by atoms with van der Waals surface area (Å²) in [6, 6.07) is 4.27. The zero-order valence-corrected chi connectivity index (χ0v) is 9.85. The fourth-order valence-corrected chi connectivity index (χ4v) is 2.48.